The lowest BCUT2D eigenvalue weighted by atomic mass is 9.80. The van der Waals surface area contributed by atoms with E-state index in [-0.39, 0.29) is 11.4 Å². The Kier molecular flexibility index (Phi) is 4.78. The fourth-order valence-corrected chi connectivity index (χ4v) is 4.51. The first kappa shape index (κ1) is 19.7. The zero-order chi connectivity index (χ0) is 20.9. The van der Waals surface area contributed by atoms with E-state index < -0.39 is 0 Å². The second kappa shape index (κ2) is 7.03. The number of rotatable bonds is 2. The zero-order valence-electron chi connectivity index (χ0n) is 17.5. The molecule has 1 atom stereocenters. The Morgan fingerprint density at radius 2 is 1.90 bits per heavy atom. The minimum absolute atomic E-state index is 0.0799. The molecule has 0 unspecified atom stereocenters. The summed E-state index contributed by atoms with van der Waals surface area (Å²) in [4.78, 5) is 15.3. The molecule has 4 rings (SSSR count). The molecule has 1 amide bonds. The van der Waals surface area contributed by atoms with E-state index in [1.165, 1.54) is 10.6 Å². The molecule has 0 N–H and O–H groups in total. The van der Waals surface area contributed by atoms with Gasteiger partial charge in [0, 0.05) is 23.3 Å². The summed E-state index contributed by atoms with van der Waals surface area (Å²) in [5.41, 5.74) is 5.40. The van der Waals surface area contributed by atoms with E-state index in [2.05, 4.69) is 43.9 Å². The highest BCUT2D eigenvalue weighted by Gasteiger charge is 2.35. The molecule has 0 radical (unpaired) electrons. The van der Waals surface area contributed by atoms with E-state index in [4.69, 9.17) is 11.6 Å². The van der Waals surface area contributed by atoms with Crippen molar-refractivity contribution in [3.8, 4) is 0 Å². The Morgan fingerprint density at radius 3 is 2.59 bits per heavy atom. The first-order valence-corrected chi connectivity index (χ1v) is 10.3. The van der Waals surface area contributed by atoms with Crippen molar-refractivity contribution in [1.82, 2.24) is 0 Å². The normalized spacial score (nSPS) is 22.1. The summed E-state index contributed by atoms with van der Waals surface area (Å²) in [5, 5.41) is 6.56. The third-order valence-electron chi connectivity index (χ3n) is 6.12. The van der Waals surface area contributed by atoms with Crippen LogP contribution in [-0.4, -0.2) is 24.2 Å². The molecule has 5 heteroatoms. The van der Waals surface area contributed by atoms with Gasteiger partial charge in [0.15, 0.2) is 0 Å². The topological polar surface area (TPSA) is 35.9 Å². The van der Waals surface area contributed by atoms with E-state index in [1.54, 1.807) is 0 Å². The maximum Gasteiger partial charge on any atom is 0.280 e. The van der Waals surface area contributed by atoms with Crippen molar-refractivity contribution in [3.63, 3.8) is 0 Å². The molecule has 2 aliphatic rings. The van der Waals surface area contributed by atoms with Crippen molar-refractivity contribution < 1.29 is 4.79 Å². The van der Waals surface area contributed by atoms with Crippen LogP contribution in [0.15, 0.2) is 53.1 Å². The predicted octanol–water partition coefficient (Wildman–Crippen LogP) is 5.87. The third kappa shape index (κ3) is 3.36. The number of carbonyl (C=O) groups excluding carboxylic acids is 1. The number of hydrazone groups is 1. The summed E-state index contributed by atoms with van der Waals surface area (Å²) < 4.78 is 0. The van der Waals surface area contributed by atoms with Gasteiger partial charge in [-0.05, 0) is 74.6 Å². The van der Waals surface area contributed by atoms with Crippen LogP contribution in [0.1, 0.15) is 51.2 Å². The summed E-state index contributed by atoms with van der Waals surface area (Å²) in [5.74, 6) is 0.286. The van der Waals surface area contributed by atoms with Gasteiger partial charge in [0.1, 0.15) is 0 Å². The van der Waals surface area contributed by atoms with Gasteiger partial charge >= 0.3 is 0 Å². The average Bonchev–Trinajstić information content (AvgIpc) is 2.96. The Labute approximate surface area is 177 Å². The number of fused-ring (bicyclic) bond motifs is 1. The van der Waals surface area contributed by atoms with Crippen LogP contribution < -0.4 is 9.91 Å². The Hall–Kier alpha value is -2.59. The first-order valence-electron chi connectivity index (χ1n) is 9.93. The average molecular weight is 408 g/mol. The van der Waals surface area contributed by atoms with E-state index in [0.717, 1.165) is 23.4 Å². The molecule has 2 aromatic carbocycles. The van der Waals surface area contributed by atoms with Gasteiger partial charge in [-0.15, -0.1) is 0 Å². The minimum Gasteiger partial charge on any atom is -0.369 e. The second-order valence-corrected chi connectivity index (χ2v) is 9.01. The SMILES string of the molecule is CC1=NN(c2ccccc2)C(=O)/C1=C/c1cc2c(cc1Cl)N(C)C(C)(C)C[C@H]2C. The van der Waals surface area contributed by atoms with Crippen LogP contribution in [0, 0.1) is 0 Å². The van der Waals surface area contributed by atoms with Crippen molar-refractivity contribution >= 4 is 40.7 Å². The van der Waals surface area contributed by atoms with Gasteiger partial charge in [0.25, 0.3) is 5.91 Å². The minimum atomic E-state index is -0.131. The highest BCUT2D eigenvalue weighted by Crippen LogP contribution is 2.44. The summed E-state index contributed by atoms with van der Waals surface area (Å²) in [7, 11) is 2.12. The monoisotopic (exact) mass is 407 g/mol. The molecule has 0 bridgehead atoms. The van der Waals surface area contributed by atoms with Crippen LogP contribution in [0.4, 0.5) is 11.4 Å². The van der Waals surface area contributed by atoms with E-state index in [1.807, 2.05) is 49.4 Å². The maximum atomic E-state index is 13.0. The fourth-order valence-electron chi connectivity index (χ4n) is 4.30. The highest BCUT2D eigenvalue weighted by atomic mass is 35.5. The van der Waals surface area contributed by atoms with Crippen LogP contribution in [0.25, 0.3) is 6.08 Å². The van der Waals surface area contributed by atoms with Crippen molar-refractivity contribution in [2.45, 2.75) is 45.6 Å². The van der Waals surface area contributed by atoms with Crippen molar-refractivity contribution in [2.24, 2.45) is 5.10 Å². The standard InChI is InChI=1S/C24H26ClN3O/c1-15-14-24(3,4)27(5)22-13-21(25)17(11-19(15)22)12-20-16(2)26-28(23(20)29)18-9-7-6-8-10-18/h6-13,15H,14H2,1-5H3/b20-12+/t15-/m1/s1. The molecule has 150 valence electrons. The number of anilines is 2. The largest absolute Gasteiger partial charge is 0.369 e. The maximum absolute atomic E-state index is 13.0. The predicted molar refractivity (Wildman–Crippen MR) is 122 cm³/mol. The molecule has 0 aliphatic carbocycles. The molecular formula is C24H26ClN3O. The van der Waals surface area contributed by atoms with Gasteiger partial charge < -0.3 is 4.90 Å². The summed E-state index contributed by atoms with van der Waals surface area (Å²) in [6, 6.07) is 13.6. The number of para-hydroxylation sites is 1. The number of hydrogen-bond donors (Lipinski definition) is 0. The lowest BCUT2D eigenvalue weighted by molar-refractivity contribution is -0.114. The molecule has 0 fully saturated rings. The number of halogens is 1. The van der Waals surface area contributed by atoms with Crippen LogP contribution in [0.5, 0.6) is 0 Å². The molecule has 2 aromatic rings. The van der Waals surface area contributed by atoms with Crippen molar-refractivity contribution in [2.75, 3.05) is 17.0 Å². The zero-order valence-corrected chi connectivity index (χ0v) is 18.3. The molecule has 4 nitrogen and oxygen atoms in total. The molecule has 0 saturated heterocycles. The van der Waals surface area contributed by atoms with Crippen LogP contribution >= 0.6 is 11.6 Å². The van der Waals surface area contributed by atoms with Gasteiger partial charge in [-0.2, -0.15) is 10.1 Å². The summed E-state index contributed by atoms with van der Waals surface area (Å²) >= 11 is 6.66. The summed E-state index contributed by atoms with van der Waals surface area (Å²) in [6.45, 7) is 8.62. The number of benzene rings is 2. The van der Waals surface area contributed by atoms with Gasteiger partial charge in [-0.1, -0.05) is 36.7 Å². The highest BCUT2D eigenvalue weighted by molar-refractivity contribution is 6.35. The second-order valence-electron chi connectivity index (χ2n) is 8.61. The molecule has 0 aromatic heterocycles. The number of nitrogens with zero attached hydrogens (tertiary/aromatic N) is 3. The number of carbonyl (C=O) groups is 1. The van der Waals surface area contributed by atoms with E-state index in [0.29, 0.717) is 22.2 Å². The van der Waals surface area contributed by atoms with Gasteiger partial charge in [0.05, 0.1) is 17.0 Å². The smallest absolute Gasteiger partial charge is 0.280 e. The Morgan fingerprint density at radius 1 is 1.21 bits per heavy atom. The lowest BCUT2D eigenvalue weighted by Gasteiger charge is -2.45. The number of hydrogen-bond acceptors (Lipinski definition) is 3. The van der Waals surface area contributed by atoms with E-state index >= 15 is 0 Å². The molecule has 2 aliphatic heterocycles. The molecule has 0 saturated carbocycles. The van der Waals surface area contributed by atoms with Gasteiger partial charge in [-0.3, -0.25) is 4.79 Å². The number of amides is 1. The molecule has 0 spiro atoms. The summed E-state index contributed by atoms with van der Waals surface area (Å²) in [6.07, 6.45) is 2.94. The molecule has 2 heterocycles. The Bertz CT molecular complexity index is 1040. The first-order chi connectivity index (χ1) is 13.7. The molecular weight excluding hydrogens is 382 g/mol. The van der Waals surface area contributed by atoms with Crippen molar-refractivity contribution in [3.05, 3.63) is 64.2 Å². The van der Waals surface area contributed by atoms with E-state index in [9.17, 15) is 4.79 Å². The third-order valence-corrected chi connectivity index (χ3v) is 6.44. The fraction of sp³-hybridized carbons (Fsp3) is 0.333. The Balaban J connectivity index is 1.74. The van der Waals surface area contributed by atoms with Crippen LogP contribution in [0.2, 0.25) is 5.02 Å². The van der Waals surface area contributed by atoms with Crippen LogP contribution in [-0.2, 0) is 4.79 Å². The van der Waals surface area contributed by atoms with Crippen LogP contribution in [0.3, 0.4) is 0 Å². The molecule has 29 heavy (non-hydrogen) atoms. The van der Waals surface area contributed by atoms with Gasteiger partial charge in [-0.25, -0.2) is 0 Å². The quantitative estimate of drug-likeness (QED) is 0.584. The van der Waals surface area contributed by atoms with Gasteiger partial charge in [0.2, 0.25) is 0 Å². The van der Waals surface area contributed by atoms with Crippen molar-refractivity contribution in [1.29, 1.82) is 0 Å². The lowest BCUT2D eigenvalue weighted by Crippen LogP contribution is -2.45.